The van der Waals surface area contributed by atoms with Crippen molar-refractivity contribution in [3.8, 4) is 40.2 Å². The van der Waals surface area contributed by atoms with Gasteiger partial charge in [-0.3, -0.25) is 4.79 Å². The number of rotatable bonds is 15. The molecule has 0 spiro atoms. The normalized spacial score (nSPS) is 10.8. The lowest BCUT2D eigenvalue weighted by atomic mass is 9.78. The van der Waals surface area contributed by atoms with E-state index in [0.29, 0.717) is 45.6 Å². The molecule has 8 heteroatoms. The predicted octanol–water partition coefficient (Wildman–Crippen LogP) is 18.8. The Morgan fingerprint density at radius 3 is 0.973 bits per heavy atom. The summed E-state index contributed by atoms with van der Waals surface area (Å²) >= 11 is 0. The third-order valence-electron chi connectivity index (χ3n) is 12.7. The first-order chi connectivity index (χ1) is 36.0. The van der Waals surface area contributed by atoms with Gasteiger partial charge >= 0.3 is 0 Å². The number of methoxy groups -OCH3 is 1. The Morgan fingerprint density at radius 2 is 0.653 bits per heavy atom. The number of hydrogen-bond acceptors (Lipinski definition) is 7. The first-order valence-corrected chi connectivity index (χ1v) is 27.7. The molecule has 394 valence electrons. The van der Waals surface area contributed by atoms with Crippen molar-refractivity contribution in [2.24, 2.45) is 0 Å². The van der Waals surface area contributed by atoms with Gasteiger partial charge in [-0.05, 0) is 187 Å². The average molecular weight is 1030 g/mol. The van der Waals surface area contributed by atoms with Gasteiger partial charge in [-0.1, -0.05) is 138 Å². The van der Waals surface area contributed by atoms with Gasteiger partial charge in [0, 0.05) is 22.0 Å². The zero-order valence-electron chi connectivity index (χ0n) is 47.1. The largest absolute Gasteiger partial charge is 0.497 e. The van der Waals surface area contributed by atoms with Crippen LogP contribution in [0.25, 0.3) is 0 Å². The summed E-state index contributed by atoms with van der Waals surface area (Å²) in [6.07, 6.45) is 0. The van der Waals surface area contributed by atoms with Crippen LogP contribution in [0.4, 0.5) is 0 Å². The summed E-state index contributed by atoms with van der Waals surface area (Å²) in [5.41, 5.74) is 7.83. The molecule has 0 fully saturated rings. The lowest BCUT2D eigenvalue weighted by Crippen LogP contribution is -2.18. The molecule has 8 aromatic rings. The number of ether oxygens (including phenoxy) is 4. The number of carbonyl (C=O) groups is 1. The van der Waals surface area contributed by atoms with Crippen LogP contribution in [-0.4, -0.2) is 21.3 Å². The van der Waals surface area contributed by atoms with E-state index in [1.165, 1.54) is 5.56 Å². The highest BCUT2D eigenvalue weighted by Gasteiger charge is 2.25. The number of aryl methyl sites for hydroxylation is 3. The molecule has 0 radical (unpaired) electrons. The van der Waals surface area contributed by atoms with Crippen molar-refractivity contribution >= 4 is 15.6 Å². The summed E-state index contributed by atoms with van der Waals surface area (Å²) in [4.78, 5) is 13.9. The fourth-order valence-corrected chi connectivity index (χ4v) is 9.43. The van der Waals surface area contributed by atoms with Crippen molar-refractivity contribution in [2.75, 3.05) is 7.11 Å². The maximum atomic E-state index is 13.4. The van der Waals surface area contributed by atoms with Crippen molar-refractivity contribution in [3.05, 3.63) is 232 Å². The molecular formula is C67H78O7S. The van der Waals surface area contributed by atoms with Crippen molar-refractivity contribution < 1.29 is 32.2 Å². The third-order valence-corrected chi connectivity index (χ3v) is 14.5. The van der Waals surface area contributed by atoms with Crippen LogP contribution in [0.2, 0.25) is 0 Å². The monoisotopic (exact) mass is 1030 g/mol. The zero-order chi connectivity index (χ0) is 55.5. The molecule has 0 aliphatic heterocycles. The zero-order valence-corrected chi connectivity index (χ0v) is 47.9. The number of hydrogen-bond donors (Lipinski definition) is 0. The quantitative estimate of drug-likeness (QED) is 0.0945. The summed E-state index contributed by atoms with van der Waals surface area (Å²) in [5, 5.41) is 0. The van der Waals surface area contributed by atoms with E-state index in [9.17, 15) is 13.2 Å². The van der Waals surface area contributed by atoms with Gasteiger partial charge in [-0.2, -0.15) is 0 Å². The Balaban J connectivity index is 0.00000145. The summed E-state index contributed by atoms with van der Waals surface area (Å²) in [5.74, 6) is 4.62. The molecule has 7 nitrogen and oxygen atoms in total. The maximum absolute atomic E-state index is 13.4. The van der Waals surface area contributed by atoms with Crippen LogP contribution in [0.15, 0.2) is 192 Å². The standard InChI is InChI=1S/C59H54O7S.4C2H6/c1-39-9-34-54(37-40(39)2)67(61,62)55-35-36-56(41(3)38-55)66-53-32-20-47(21-33-53)59(6,7)46-18-30-52(31-19-46)65-50-24-12-43(13-25-50)57(60)42-10-22-49(23-11-42)64-51-28-16-45(17-29-51)58(4,5)44-14-26-48(63-8)27-15-44;4*1-2/h9-38H,1-8H3;4*1-2H3. The fourth-order valence-electron chi connectivity index (χ4n) is 8.00. The van der Waals surface area contributed by atoms with Crippen molar-refractivity contribution in [2.45, 2.75) is 124 Å². The van der Waals surface area contributed by atoms with Gasteiger partial charge in [0.05, 0.1) is 16.9 Å². The summed E-state index contributed by atoms with van der Waals surface area (Å²) < 4.78 is 50.6. The average Bonchev–Trinajstić information content (AvgIpc) is 3.45. The fraction of sp³-hybridized carbons (Fsp3) is 0.269. The Labute approximate surface area is 449 Å². The van der Waals surface area contributed by atoms with Crippen molar-refractivity contribution in [1.82, 2.24) is 0 Å². The highest BCUT2D eigenvalue weighted by Crippen LogP contribution is 2.37. The summed E-state index contributed by atoms with van der Waals surface area (Å²) in [6, 6.07) is 56.7. The van der Waals surface area contributed by atoms with E-state index in [2.05, 4.69) is 64.1 Å². The molecule has 0 bridgehead atoms. The molecule has 0 aromatic heterocycles. The smallest absolute Gasteiger partial charge is 0.206 e. The van der Waals surface area contributed by atoms with Crippen LogP contribution in [0.1, 0.15) is 138 Å². The second-order valence-corrected chi connectivity index (χ2v) is 19.9. The molecule has 75 heavy (non-hydrogen) atoms. The van der Waals surface area contributed by atoms with Gasteiger partial charge in [0.1, 0.15) is 40.2 Å². The van der Waals surface area contributed by atoms with Crippen LogP contribution < -0.4 is 18.9 Å². The first-order valence-electron chi connectivity index (χ1n) is 26.2. The van der Waals surface area contributed by atoms with Crippen LogP contribution in [0.5, 0.6) is 40.2 Å². The van der Waals surface area contributed by atoms with Crippen LogP contribution in [0, 0.1) is 20.8 Å². The highest BCUT2D eigenvalue weighted by molar-refractivity contribution is 7.91. The SMILES string of the molecule is CC.CC.CC.CC.COc1ccc(C(C)(C)c2ccc(Oc3ccc(C(=O)c4ccc(Oc5ccc(C(C)(C)c6ccc(Oc7ccc(S(=O)(=O)c8ccc(C)c(C)c8)cc7C)cc6)cc5)cc4)cc3)cc2)cc1. The van der Waals surface area contributed by atoms with Crippen LogP contribution >= 0.6 is 0 Å². The molecule has 8 aromatic carbocycles. The molecule has 0 aliphatic rings. The van der Waals surface area contributed by atoms with E-state index >= 15 is 0 Å². The minimum absolute atomic E-state index is 0.0968. The molecule has 0 aliphatic carbocycles. The van der Waals surface area contributed by atoms with Gasteiger partial charge in [0.15, 0.2) is 5.78 Å². The van der Waals surface area contributed by atoms with Gasteiger partial charge in [0.25, 0.3) is 0 Å². The molecule has 0 atom stereocenters. The summed E-state index contributed by atoms with van der Waals surface area (Å²) in [7, 11) is -2.00. The van der Waals surface area contributed by atoms with E-state index < -0.39 is 9.84 Å². The predicted molar refractivity (Wildman–Crippen MR) is 311 cm³/mol. The third kappa shape index (κ3) is 14.9. The van der Waals surface area contributed by atoms with E-state index in [1.807, 2.05) is 155 Å². The molecule has 0 N–H and O–H groups in total. The molecule has 0 unspecified atom stereocenters. The van der Waals surface area contributed by atoms with Crippen LogP contribution in [-0.2, 0) is 20.7 Å². The summed E-state index contributed by atoms with van der Waals surface area (Å²) in [6.45, 7) is 30.4. The van der Waals surface area contributed by atoms with Gasteiger partial charge in [-0.25, -0.2) is 8.42 Å². The van der Waals surface area contributed by atoms with E-state index in [1.54, 1.807) is 73.8 Å². The van der Waals surface area contributed by atoms with E-state index in [-0.39, 0.29) is 26.4 Å². The topological polar surface area (TPSA) is 88.1 Å². The van der Waals surface area contributed by atoms with Gasteiger partial charge < -0.3 is 18.9 Å². The first kappa shape index (κ1) is 60.1. The molecule has 0 saturated heterocycles. The van der Waals surface area contributed by atoms with Gasteiger partial charge in [-0.15, -0.1) is 0 Å². The molecule has 0 heterocycles. The number of ketones is 1. The second-order valence-electron chi connectivity index (χ2n) is 17.9. The molecule has 8 rings (SSSR count). The Kier molecular flexibility index (Phi) is 22.3. The second kappa shape index (κ2) is 27.8. The Bertz CT molecular complexity index is 3140. The molecule has 0 amide bonds. The Hall–Kier alpha value is -7.42. The highest BCUT2D eigenvalue weighted by atomic mass is 32.2. The van der Waals surface area contributed by atoms with Crippen LogP contribution in [0.3, 0.4) is 0 Å². The van der Waals surface area contributed by atoms with Crippen molar-refractivity contribution in [3.63, 3.8) is 0 Å². The maximum Gasteiger partial charge on any atom is 0.206 e. The molecular weight excluding hydrogens is 949 g/mol. The van der Waals surface area contributed by atoms with E-state index in [4.69, 9.17) is 18.9 Å². The van der Waals surface area contributed by atoms with Crippen molar-refractivity contribution in [1.29, 1.82) is 0 Å². The lowest BCUT2D eigenvalue weighted by Gasteiger charge is -2.26. The Morgan fingerprint density at radius 1 is 0.360 bits per heavy atom. The van der Waals surface area contributed by atoms with E-state index in [0.717, 1.165) is 39.1 Å². The number of sulfone groups is 1. The molecule has 0 saturated carbocycles. The van der Waals surface area contributed by atoms with Gasteiger partial charge in [0.2, 0.25) is 9.84 Å². The number of benzene rings is 8. The minimum Gasteiger partial charge on any atom is -0.497 e. The minimum atomic E-state index is -3.67. The lowest BCUT2D eigenvalue weighted by molar-refractivity contribution is 0.103. The number of carbonyl (C=O) groups excluding carboxylic acids is 1.